The summed E-state index contributed by atoms with van der Waals surface area (Å²) in [6.45, 7) is -1.43. The molecule has 0 aliphatic rings. The predicted octanol–water partition coefficient (Wildman–Crippen LogP) is 3.58. The fraction of sp³-hybridized carbons (Fsp3) is 0.316. The maximum Gasteiger partial charge on any atom is 0.422 e. The van der Waals surface area contributed by atoms with Crippen molar-refractivity contribution in [1.82, 2.24) is 0 Å². The number of rotatable bonds is 9. The number of benzene rings is 2. The molecule has 0 radical (unpaired) electrons. The van der Waals surface area contributed by atoms with Crippen molar-refractivity contribution in [3.05, 3.63) is 48.0 Å². The van der Waals surface area contributed by atoms with Gasteiger partial charge in [-0.2, -0.15) is 13.2 Å². The van der Waals surface area contributed by atoms with Crippen molar-refractivity contribution < 1.29 is 35.9 Å². The molecule has 0 atom stereocenters. The molecule has 0 aliphatic heterocycles. The van der Waals surface area contributed by atoms with Gasteiger partial charge in [0.2, 0.25) is 15.9 Å². The minimum Gasteiger partial charge on any atom is -0.493 e. The zero-order valence-electron chi connectivity index (χ0n) is 16.2. The van der Waals surface area contributed by atoms with Gasteiger partial charge in [-0.25, -0.2) is 8.42 Å². The molecule has 0 spiro atoms. The van der Waals surface area contributed by atoms with Crippen molar-refractivity contribution in [3.8, 4) is 11.5 Å². The van der Waals surface area contributed by atoms with Crippen LogP contribution in [0.4, 0.5) is 24.5 Å². The summed E-state index contributed by atoms with van der Waals surface area (Å²) in [5.74, 6) is -0.174. The SMILES string of the molecule is COc1cc(CCC(=O)Nc2ccc(NS(C)(=O)=O)cc2)ccc1OCC(F)(F)F. The lowest BCUT2D eigenvalue weighted by molar-refractivity contribution is -0.153. The molecule has 2 N–H and O–H groups in total. The number of carbonyl (C=O) groups is 1. The fourth-order valence-corrected chi connectivity index (χ4v) is 3.03. The zero-order chi connectivity index (χ0) is 22.4. The van der Waals surface area contributed by atoms with Crippen LogP contribution in [0.3, 0.4) is 0 Å². The average Bonchev–Trinajstić information content (AvgIpc) is 2.64. The summed E-state index contributed by atoms with van der Waals surface area (Å²) in [6, 6.07) is 10.6. The van der Waals surface area contributed by atoms with E-state index >= 15 is 0 Å². The number of amides is 1. The molecule has 11 heteroatoms. The molecule has 0 aliphatic carbocycles. The molecule has 2 rings (SSSR count). The predicted molar refractivity (Wildman–Crippen MR) is 106 cm³/mol. The third-order valence-corrected chi connectivity index (χ3v) is 4.34. The summed E-state index contributed by atoms with van der Waals surface area (Å²) in [7, 11) is -2.07. The maximum absolute atomic E-state index is 12.3. The van der Waals surface area contributed by atoms with Crippen LogP contribution in [0.2, 0.25) is 0 Å². The minimum atomic E-state index is -4.46. The average molecular weight is 446 g/mol. The van der Waals surface area contributed by atoms with E-state index in [1.165, 1.54) is 31.4 Å². The van der Waals surface area contributed by atoms with Crippen molar-refractivity contribution in [3.63, 3.8) is 0 Å². The van der Waals surface area contributed by atoms with Gasteiger partial charge in [-0.1, -0.05) is 6.07 Å². The van der Waals surface area contributed by atoms with E-state index in [2.05, 4.69) is 10.0 Å². The van der Waals surface area contributed by atoms with Gasteiger partial charge in [-0.05, 0) is 48.4 Å². The van der Waals surface area contributed by atoms with Crippen LogP contribution in [0.25, 0.3) is 0 Å². The molecule has 0 unspecified atom stereocenters. The number of aryl methyl sites for hydroxylation is 1. The quantitative estimate of drug-likeness (QED) is 0.614. The first-order valence-corrected chi connectivity index (χ1v) is 10.6. The number of sulfonamides is 1. The highest BCUT2D eigenvalue weighted by Gasteiger charge is 2.29. The summed E-state index contributed by atoms with van der Waals surface area (Å²) < 4.78 is 71.4. The molecule has 2 aromatic carbocycles. The van der Waals surface area contributed by atoms with Gasteiger partial charge < -0.3 is 14.8 Å². The van der Waals surface area contributed by atoms with Crippen LogP contribution >= 0.6 is 0 Å². The van der Waals surface area contributed by atoms with Crippen LogP contribution in [-0.2, 0) is 21.2 Å². The Kier molecular flexibility index (Phi) is 7.54. The van der Waals surface area contributed by atoms with Gasteiger partial charge in [0.1, 0.15) is 0 Å². The van der Waals surface area contributed by atoms with Crippen molar-refractivity contribution in [2.75, 3.05) is 30.0 Å². The Hall–Kier alpha value is -2.95. The molecule has 30 heavy (non-hydrogen) atoms. The highest BCUT2D eigenvalue weighted by atomic mass is 32.2. The van der Waals surface area contributed by atoms with E-state index in [0.29, 0.717) is 23.4 Å². The number of alkyl halides is 3. The minimum absolute atomic E-state index is 0.0363. The Labute approximate surface area is 172 Å². The zero-order valence-corrected chi connectivity index (χ0v) is 17.1. The molecule has 2 aromatic rings. The largest absolute Gasteiger partial charge is 0.493 e. The number of carbonyl (C=O) groups excluding carboxylic acids is 1. The molecule has 164 valence electrons. The van der Waals surface area contributed by atoms with E-state index in [-0.39, 0.29) is 23.8 Å². The van der Waals surface area contributed by atoms with Gasteiger partial charge in [0.05, 0.1) is 13.4 Å². The number of hydrogen-bond donors (Lipinski definition) is 2. The third-order valence-electron chi connectivity index (χ3n) is 3.73. The van der Waals surface area contributed by atoms with E-state index in [4.69, 9.17) is 9.47 Å². The number of nitrogens with one attached hydrogen (secondary N) is 2. The summed E-state index contributed by atoms with van der Waals surface area (Å²) in [6.07, 6.45) is -2.97. The standard InChI is InChI=1S/C19H21F3N2O5S/c1-28-17-11-13(3-9-16(17)29-12-19(20,21)22)4-10-18(25)23-14-5-7-15(8-6-14)24-30(2,26)27/h3,5-9,11,24H,4,10,12H2,1-2H3,(H,23,25). The second-order valence-electron chi connectivity index (χ2n) is 6.39. The van der Waals surface area contributed by atoms with Crippen LogP contribution in [0.15, 0.2) is 42.5 Å². The maximum atomic E-state index is 12.3. The Bertz CT molecular complexity index is 977. The van der Waals surface area contributed by atoms with E-state index in [1.54, 1.807) is 18.2 Å². The lowest BCUT2D eigenvalue weighted by Crippen LogP contribution is -2.19. The number of halogens is 3. The van der Waals surface area contributed by atoms with Gasteiger partial charge in [0.25, 0.3) is 0 Å². The molecular weight excluding hydrogens is 425 g/mol. The Morgan fingerprint density at radius 3 is 2.23 bits per heavy atom. The van der Waals surface area contributed by atoms with Crippen LogP contribution in [0.1, 0.15) is 12.0 Å². The van der Waals surface area contributed by atoms with Crippen LogP contribution in [0.5, 0.6) is 11.5 Å². The summed E-state index contributed by atoms with van der Waals surface area (Å²) in [4.78, 5) is 12.1. The Morgan fingerprint density at radius 1 is 1.03 bits per heavy atom. The van der Waals surface area contributed by atoms with Crippen LogP contribution < -0.4 is 19.5 Å². The Balaban J connectivity index is 1.91. The molecule has 0 heterocycles. The second-order valence-corrected chi connectivity index (χ2v) is 8.14. The normalized spacial score (nSPS) is 11.6. The van der Waals surface area contributed by atoms with Crippen LogP contribution in [-0.4, -0.2) is 40.5 Å². The third kappa shape index (κ3) is 8.19. The van der Waals surface area contributed by atoms with Crippen molar-refractivity contribution in [2.45, 2.75) is 19.0 Å². The van der Waals surface area contributed by atoms with Crippen molar-refractivity contribution in [1.29, 1.82) is 0 Å². The lowest BCUT2D eigenvalue weighted by Gasteiger charge is -2.13. The number of ether oxygens (including phenoxy) is 2. The number of anilines is 2. The molecule has 0 saturated heterocycles. The first kappa shape index (κ1) is 23.3. The van der Waals surface area contributed by atoms with E-state index in [9.17, 15) is 26.4 Å². The summed E-state index contributed by atoms with van der Waals surface area (Å²) in [5.41, 5.74) is 1.55. The van der Waals surface area contributed by atoms with Crippen molar-refractivity contribution >= 4 is 27.3 Å². The van der Waals surface area contributed by atoms with Gasteiger partial charge >= 0.3 is 6.18 Å². The van der Waals surface area contributed by atoms with Gasteiger partial charge in [-0.15, -0.1) is 0 Å². The number of hydrogen-bond acceptors (Lipinski definition) is 5. The van der Waals surface area contributed by atoms with Crippen LogP contribution in [0, 0.1) is 0 Å². The van der Waals surface area contributed by atoms with E-state index in [0.717, 1.165) is 6.26 Å². The van der Waals surface area contributed by atoms with Gasteiger partial charge in [0, 0.05) is 17.8 Å². The molecule has 0 aromatic heterocycles. The molecule has 0 fully saturated rings. The smallest absolute Gasteiger partial charge is 0.422 e. The van der Waals surface area contributed by atoms with E-state index in [1.807, 2.05) is 0 Å². The first-order valence-electron chi connectivity index (χ1n) is 8.69. The molecule has 0 bridgehead atoms. The molecule has 1 amide bonds. The highest BCUT2D eigenvalue weighted by Crippen LogP contribution is 2.30. The lowest BCUT2D eigenvalue weighted by atomic mass is 10.1. The monoisotopic (exact) mass is 446 g/mol. The van der Waals surface area contributed by atoms with Gasteiger partial charge in [0.15, 0.2) is 18.1 Å². The van der Waals surface area contributed by atoms with Crippen molar-refractivity contribution in [2.24, 2.45) is 0 Å². The topological polar surface area (TPSA) is 93.7 Å². The molecular formula is C19H21F3N2O5S. The Morgan fingerprint density at radius 2 is 1.67 bits per heavy atom. The summed E-state index contributed by atoms with van der Waals surface area (Å²) >= 11 is 0. The first-order chi connectivity index (χ1) is 13.9. The molecule has 0 saturated carbocycles. The summed E-state index contributed by atoms with van der Waals surface area (Å²) in [5, 5.41) is 2.68. The highest BCUT2D eigenvalue weighted by molar-refractivity contribution is 7.92. The number of methoxy groups -OCH3 is 1. The second kappa shape index (κ2) is 9.70. The fourth-order valence-electron chi connectivity index (χ4n) is 2.46. The van der Waals surface area contributed by atoms with E-state index < -0.39 is 22.8 Å². The van der Waals surface area contributed by atoms with Gasteiger partial charge in [-0.3, -0.25) is 9.52 Å². The molecule has 7 nitrogen and oxygen atoms in total.